The van der Waals surface area contributed by atoms with Crippen molar-refractivity contribution in [2.75, 3.05) is 29.9 Å². The zero-order valence-corrected chi connectivity index (χ0v) is 17.9. The van der Waals surface area contributed by atoms with Crippen LogP contribution in [0.1, 0.15) is 12.8 Å². The van der Waals surface area contributed by atoms with Crippen LogP contribution < -0.4 is 21.1 Å². The number of anilines is 3. The van der Waals surface area contributed by atoms with Crippen molar-refractivity contribution in [3.8, 4) is 0 Å². The lowest BCUT2D eigenvalue weighted by Crippen LogP contribution is -2.48. The monoisotopic (exact) mass is 438 g/mol. The molecule has 11 nitrogen and oxygen atoms in total. The first-order valence-corrected chi connectivity index (χ1v) is 10.4. The lowest BCUT2D eigenvalue weighted by molar-refractivity contribution is -0.117. The zero-order chi connectivity index (χ0) is 22.7. The number of aliphatic hydroxyl groups is 1. The van der Waals surface area contributed by atoms with E-state index in [1.165, 1.54) is 10.6 Å². The van der Waals surface area contributed by atoms with Gasteiger partial charge in [0.2, 0.25) is 11.9 Å². The molecule has 1 atom stereocenters. The molecule has 1 saturated heterocycles. The number of aromatic nitrogens is 5. The molecule has 1 unspecified atom stereocenters. The third kappa shape index (κ3) is 4.47. The second-order valence-corrected chi connectivity index (χ2v) is 7.70. The third-order valence-electron chi connectivity index (χ3n) is 5.44. The van der Waals surface area contributed by atoms with Crippen LogP contribution in [0.15, 0.2) is 42.1 Å². The Morgan fingerprint density at radius 1 is 1.41 bits per heavy atom. The molecule has 4 rings (SSSR count). The largest absolute Gasteiger partial charge is 0.394 e. The van der Waals surface area contributed by atoms with E-state index < -0.39 is 0 Å². The van der Waals surface area contributed by atoms with Gasteiger partial charge in [0.25, 0.3) is 5.56 Å². The fraction of sp³-hybridized carbons (Fsp3) is 0.381. The van der Waals surface area contributed by atoms with Gasteiger partial charge in [-0.3, -0.25) is 18.8 Å². The Hall–Kier alpha value is -3.73. The molecule has 3 aromatic rings. The van der Waals surface area contributed by atoms with Gasteiger partial charge in [-0.15, -0.1) is 0 Å². The summed E-state index contributed by atoms with van der Waals surface area (Å²) in [5, 5.41) is 19.9. The molecular weight excluding hydrogens is 412 g/mol. The summed E-state index contributed by atoms with van der Waals surface area (Å²) in [7, 11) is 1.69. The number of pyridine rings is 1. The minimum absolute atomic E-state index is 0.00354. The van der Waals surface area contributed by atoms with Gasteiger partial charge in [-0.05, 0) is 25.0 Å². The number of aliphatic hydroxyl groups excluding tert-OH is 1. The Morgan fingerprint density at radius 2 is 2.25 bits per heavy atom. The molecule has 11 heteroatoms. The first-order valence-electron chi connectivity index (χ1n) is 10.4. The summed E-state index contributed by atoms with van der Waals surface area (Å²) in [4.78, 5) is 35.7. The average molecular weight is 438 g/mol. The number of nitrogens with one attached hydrogen (secondary N) is 2. The van der Waals surface area contributed by atoms with Crippen molar-refractivity contribution in [3.63, 3.8) is 0 Å². The highest BCUT2D eigenvalue weighted by atomic mass is 16.3. The maximum atomic E-state index is 13.1. The van der Waals surface area contributed by atoms with Crippen LogP contribution in [0.4, 0.5) is 17.3 Å². The van der Waals surface area contributed by atoms with E-state index in [4.69, 9.17) is 5.11 Å². The minimum atomic E-state index is -0.210. The van der Waals surface area contributed by atoms with E-state index in [0.29, 0.717) is 36.1 Å². The van der Waals surface area contributed by atoms with Crippen LogP contribution in [-0.4, -0.2) is 61.1 Å². The van der Waals surface area contributed by atoms with Crippen molar-refractivity contribution in [2.24, 2.45) is 7.05 Å². The van der Waals surface area contributed by atoms with Crippen molar-refractivity contribution >= 4 is 34.3 Å². The lowest BCUT2D eigenvalue weighted by atomic mass is 10.0. The number of aryl methyl sites for hydroxylation is 1. The Morgan fingerprint density at radius 3 is 3.03 bits per heavy atom. The van der Waals surface area contributed by atoms with Gasteiger partial charge in [0, 0.05) is 44.0 Å². The first kappa shape index (κ1) is 21.5. The van der Waals surface area contributed by atoms with Crippen LogP contribution in [0.25, 0.3) is 11.0 Å². The van der Waals surface area contributed by atoms with Crippen LogP contribution in [0, 0.1) is 0 Å². The summed E-state index contributed by atoms with van der Waals surface area (Å²) in [6.45, 7) is 5.17. The molecule has 3 aromatic heterocycles. The van der Waals surface area contributed by atoms with Gasteiger partial charge in [0.1, 0.15) is 11.3 Å². The number of hydrogen-bond donors (Lipinski definition) is 3. The van der Waals surface area contributed by atoms with E-state index >= 15 is 0 Å². The molecule has 0 radical (unpaired) electrons. The lowest BCUT2D eigenvalue weighted by Gasteiger charge is -2.34. The summed E-state index contributed by atoms with van der Waals surface area (Å²) in [5.74, 6) is 0.132. The van der Waals surface area contributed by atoms with Gasteiger partial charge >= 0.3 is 0 Å². The predicted molar refractivity (Wildman–Crippen MR) is 121 cm³/mol. The standard InChI is InChI=1S/C21H26N8O3/c1-3-18(31)24-15-5-4-6-28(12-15)17-9-14-10-22-21(26-19(14)27(2)20(17)32)25-16-11-23-29(13-16)7-8-30/h3,9-11,13,15,30H,1,4-8,12H2,2H3,(H,24,31)(H,22,25,26). The van der Waals surface area contributed by atoms with Gasteiger partial charge in [-0.2, -0.15) is 10.1 Å². The van der Waals surface area contributed by atoms with E-state index in [2.05, 4.69) is 32.3 Å². The van der Waals surface area contributed by atoms with Gasteiger partial charge in [0.15, 0.2) is 0 Å². The molecule has 0 bridgehead atoms. The molecule has 1 aliphatic rings. The summed E-state index contributed by atoms with van der Waals surface area (Å²) in [5.41, 5.74) is 1.59. The smallest absolute Gasteiger partial charge is 0.275 e. The molecule has 0 aromatic carbocycles. The number of hydrogen-bond acceptors (Lipinski definition) is 8. The molecule has 0 spiro atoms. The van der Waals surface area contributed by atoms with Crippen molar-refractivity contribution in [1.29, 1.82) is 0 Å². The van der Waals surface area contributed by atoms with Crippen molar-refractivity contribution in [3.05, 3.63) is 47.7 Å². The highest BCUT2D eigenvalue weighted by Gasteiger charge is 2.24. The maximum absolute atomic E-state index is 13.1. The fourth-order valence-corrected chi connectivity index (χ4v) is 3.87. The molecule has 4 heterocycles. The Balaban J connectivity index is 1.59. The molecule has 3 N–H and O–H groups in total. The number of rotatable bonds is 7. The predicted octanol–water partition coefficient (Wildman–Crippen LogP) is 0.532. The molecule has 1 aliphatic heterocycles. The zero-order valence-electron chi connectivity index (χ0n) is 17.9. The van der Waals surface area contributed by atoms with Crippen molar-refractivity contribution < 1.29 is 9.90 Å². The minimum Gasteiger partial charge on any atom is -0.394 e. The van der Waals surface area contributed by atoms with Gasteiger partial charge in [0.05, 0.1) is 25.0 Å². The van der Waals surface area contributed by atoms with Gasteiger partial charge in [-0.1, -0.05) is 6.58 Å². The van der Waals surface area contributed by atoms with E-state index in [0.717, 1.165) is 24.8 Å². The van der Waals surface area contributed by atoms with E-state index in [1.807, 2.05) is 4.90 Å². The molecule has 0 aliphatic carbocycles. The van der Waals surface area contributed by atoms with Crippen molar-refractivity contribution in [2.45, 2.75) is 25.4 Å². The molecular formula is C21H26N8O3. The van der Waals surface area contributed by atoms with E-state index in [1.54, 1.807) is 36.4 Å². The van der Waals surface area contributed by atoms with E-state index in [9.17, 15) is 9.59 Å². The van der Waals surface area contributed by atoms with Gasteiger partial charge in [-0.25, -0.2) is 4.98 Å². The Kier molecular flexibility index (Phi) is 6.17. The highest BCUT2D eigenvalue weighted by Crippen LogP contribution is 2.22. The van der Waals surface area contributed by atoms with Crippen LogP contribution in [0.2, 0.25) is 0 Å². The number of nitrogens with zero attached hydrogens (tertiary/aromatic N) is 6. The number of amides is 1. The molecule has 0 saturated carbocycles. The summed E-state index contributed by atoms with van der Waals surface area (Å²) >= 11 is 0. The van der Waals surface area contributed by atoms with Gasteiger partial charge < -0.3 is 20.6 Å². The first-order chi connectivity index (χ1) is 15.5. The van der Waals surface area contributed by atoms with Crippen LogP contribution >= 0.6 is 0 Å². The second-order valence-electron chi connectivity index (χ2n) is 7.70. The van der Waals surface area contributed by atoms with Crippen LogP contribution in [-0.2, 0) is 18.4 Å². The molecule has 168 valence electrons. The van der Waals surface area contributed by atoms with Crippen molar-refractivity contribution in [1.82, 2.24) is 29.6 Å². The quantitative estimate of drug-likeness (QED) is 0.456. The Bertz CT molecular complexity index is 1200. The SMILES string of the molecule is C=CC(=O)NC1CCCN(c2cc3cnc(Nc4cnn(CCO)c4)nc3n(C)c2=O)C1. The molecule has 1 fully saturated rings. The normalized spacial score (nSPS) is 16.2. The number of piperidine rings is 1. The summed E-state index contributed by atoms with van der Waals surface area (Å²) in [6, 6.07) is 1.77. The number of carbonyl (C=O) groups is 1. The number of fused-ring (bicyclic) bond motifs is 1. The average Bonchev–Trinajstić information content (AvgIpc) is 3.23. The fourth-order valence-electron chi connectivity index (χ4n) is 3.87. The van der Waals surface area contributed by atoms with E-state index in [-0.39, 0.29) is 24.1 Å². The second kappa shape index (κ2) is 9.18. The summed E-state index contributed by atoms with van der Waals surface area (Å²) < 4.78 is 3.12. The Labute approximate surface area is 184 Å². The van der Waals surface area contributed by atoms with Crippen LogP contribution in [0.5, 0.6) is 0 Å². The topological polar surface area (TPSA) is 130 Å². The molecule has 32 heavy (non-hydrogen) atoms. The maximum Gasteiger partial charge on any atom is 0.275 e. The summed E-state index contributed by atoms with van der Waals surface area (Å²) in [6.07, 6.45) is 8.01. The number of carbonyl (C=O) groups excluding carboxylic acids is 1. The third-order valence-corrected chi connectivity index (χ3v) is 5.44. The van der Waals surface area contributed by atoms with Crippen LogP contribution in [0.3, 0.4) is 0 Å². The molecule has 1 amide bonds. The highest BCUT2D eigenvalue weighted by molar-refractivity contribution is 5.87.